The molecule has 0 spiro atoms. The van der Waals surface area contributed by atoms with E-state index in [0.29, 0.717) is 24.5 Å². The van der Waals surface area contributed by atoms with Gasteiger partial charge in [-0.15, -0.1) is 0 Å². The Kier molecular flexibility index (Phi) is 9.33. The van der Waals surface area contributed by atoms with E-state index < -0.39 is 12.2 Å². The highest BCUT2D eigenvalue weighted by molar-refractivity contribution is 5.69. The minimum absolute atomic E-state index is 0.155. The number of nitrogens with zero attached hydrogens (tertiary/aromatic N) is 6. The molecule has 0 bridgehead atoms. The molecule has 0 aliphatic carbocycles. The summed E-state index contributed by atoms with van der Waals surface area (Å²) in [6.07, 6.45) is 4.66. The van der Waals surface area contributed by atoms with Crippen LogP contribution < -0.4 is 9.80 Å². The van der Waals surface area contributed by atoms with Gasteiger partial charge in [-0.3, -0.25) is 9.59 Å². The zero-order valence-electron chi connectivity index (χ0n) is 21.3. The monoisotopic (exact) mass is 484 g/mol. The molecule has 3 rings (SSSR count). The molecular formula is C25H36N6O4. The molecule has 3 atom stereocenters. The van der Waals surface area contributed by atoms with Crippen LogP contribution in [-0.2, 0) is 19.1 Å². The third kappa shape index (κ3) is 7.10. The van der Waals surface area contributed by atoms with E-state index in [2.05, 4.69) is 36.7 Å². The second-order valence-corrected chi connectivity index (χ2v) is 8.80. The van der Waals surface area contributed by atoms with Crippen LogP contribution >= 0.6 is 0 Å². The van der Waals surface area contributed by atoms with Gasteiger partial charge in [0.1, 0.15) is 11.6 Å². The third-order valence-electron chi connectivity index (χ3n) is 5.82. The molecule has 190 valence electrons. The number of carbonyl (C=O) groups is 2. The molecule has 1 fully saturated rings. The molecule has 0 radical (unpaired) electrons. The van der Waals surface area contributed by atoms with Gasteiger partial charge in [0.2, 0.25) is 0 Å². The second-order valence-electron chi connectivity index (χ2n) is 8.80. The van der Waals surface area contributed by atoms with Crippen LogP contribution in [0.5, 0.6) is 0 Å². The van der Waals surface area contributed by atoms with Crippen LogP contribution in [0.3, 0.4) is 0 Å². The maximum atomic E-state index is 11.9. The van der Waals surface area contributed by atoms with E-state index in [1.807, 2.05) is 26.0 Å². The molecule has 35 heavy (non-hydrogen) atoms. The SMILES string of the molecule is CCCC(=O)O[C@H](C)c1nccc(N2CCN(c3ccnc([C@@H](C)OC(=O)CCC)n3)[C@@H](C)C2)n1. The number of hydrogen-bond acceptors (Lipinski definition) is 10. The van der Waals surface area contributed by atoms with Crippen molar-refractivity contribution < 1.29 is 19.1 Å². The first-order valence-corrected chi connectivity index (χ1v) is 12.4. The average molecular weight is 485 g/mol. The van der Waals surface area contributed by atoms with E-state index >= 15 is 0 Å². The van der Waals surface area contributed by atoms with Crippen LogP contribution in [0.25, 0.3) is 0 Å². The van der Waals surface area contributed by atoms with Gasteiger partial charge in [-0.05, 0) is 45.7 Å². The first-order chi connectivity index (χ1) is 16.8. The molecule has 0 aromatic carbocycles. The number of carbonyl (C=O) groups excluding carboxylic acids is 2. The van der Waals surface area contributed by atoms with E-state index in [0.717, 1.165) is 44.1 Å². The summed E-state index contributed by atoms with van der Waals surface area (Å²) in [7, 11) is 0. The topological polar surface area (TPSA) is 111 Å². The Labute approximate surface area is 207 Å². The smallest absolute Gasteiger partial charge is 0.306 e. The Morgan fingerprint density at radius 2 is 1.43 bits per heavy atom. The fourth-order valence-electron chi connectivity index (χ4n) is 3.99. The first kappa shape index (κ1) is 26.3. The van der Waals surface area contributed by atoms with Gasteiger partial charge in [-0.25, -0.2) is 19.9 Å². The zero-order valence-corrected chi connectivity index (χ0v) is 21.3. The Hall–Kier alpha value is -3.30. The minimum atomic E-state index is -0.501. The second kappa shape index (κ2) is 12.4. The molecular weight excluding hydrogens is 448 g/mol. The zero-order chi connectivity index (χ0) is 25.4. The van der Waals surface area contributed by atoms with Gasteiger partial charge in [0.15, 0.2) is 23.9 Å². The van der Waals surface area contributed by atoms with E-state index in [9.17, 15) is 9.59 Å². The fourth-order valence-corrected chi connectivity index (χ4v) is 3.99. The number of rotatable bonds is 10. The molecule has 0 N–H and O–H groups in total. The number of aromatic nitrogens is 4. The number of piperazine rings is 1. The van der Waals surface area contributed by atoms with Gasteiger partial charge in [0, 0.05) is 50.9 Å². The van der Waals surface area contributed by atoms with Crippen LogP contribution in [-0.4, -0.2) is 57.6 Å². The molecule has 10 nitrogen and oxygen atoms in total. The van der Waals surface area contributed by atoms with Crippen LogP contribution in [0.1, 0.15) is 84.2 Å². The predicted molar refractivity (Wildman–Crippen MR) is 132 cm³/mol. The lowest BCUT2D eigenvalue weighted by Crippen LogP contribution is -2.52. The Balaban J connectivity index is 1.65. The molecule has 0 unspecified atom stereocenters. The molecule has 3 heterocycles. The van der Waals surface area contributed by atoms with Crippen molar-refractivity contribution >= 4 is 23.6 Å². The van der Waals surface area contributed by atoms with Crippen molar-refractivity contribution in [3.63, 3.8) is 0 Å². The maximum Gasteiger partial charge on any atom is 0.306 e. The predicted octanol–water partition coefficient (Wildman–Crippen LogP) is 3.79. The number of esters is 2. The lowest BCUT2D eigenvalue weighted by Gasteiger charge is -2.41. The maximum absolute atomic E-state index is 11.9. The molecule has 1 aliphatic heterocycles. The summed E-state index contributed by atoms with van der Waals surface area (Å²) >= 11 is 0. The molecule has 2 aromatic heterocycles. The van der Waals surface area contributed by atoms with Crippen LogP contribution in [0.2, 0.25) is 0 Å². The average Bonchev–Trinajstić information content (AvgIpc) is 2.84. The Morgan fingerprint density at radius 3 is 1.94 bits per heavy atom. The largest absolute Gasteiger partial charge is 0.454 e. The summed E-state index contributed by atoms with van der Waals surface area (Å²) in [6.45, 7) is 11.8. The van der Waals surface area contributed by atoms with Gasteiger partial charge in [-0.1, -0.05) is 13.8 Å². The summed E-state index contributed by atoms with van der Waals surface area (Å²) in [5.41, 5.74) is 0. The third-order valence-corrected chi connectivity index (χ3v) is 5.82. The Morgan fingerprint density at radius 1 is 0.914 bits per heavy atom. The van der Waals surface area contributed by atoms with Crippen molar-refractivity contribution in [1.29, 1.82) is 0 Å². The van der Waals surface area contributed by atoms with E-state index in [1.54, 1.807) is 26.2 Å². The summed E-state index contributed by atoms with van der Waals surface area (Å²) < 4.78 is 10.9. The van der Waals surface area contributed by atoms with E-state index in [1.165, 1.54) is 0 Å². The van der Waals surface area contributed by atoms with Crippen molar-refractivity contribution in [3.8, 4) is 0 Å². The van der Waals surface area contributed by atoms with Crippen molar-refractivity contribution in [2.45, 2.75) is 78.6 Å². The van der Waals surface area contributed by atoms with Crippen molar-refractivity contribution in [2.75, 3.05) is 29.4 Å². The van der Waals surface area contributed by atoms with Crippen LogP contribution in [0.15, 0.2) is 24.5 Å². The lowest BCUT2D eigenvalue weighted by atomic mass is 10.2. The number of hydrogen-bond donors (Lipinski definition) is 0. The normalized spacial score (nSPS) is 17.6. The molecule has 0 saturated carbocycles. The summed E-state index contributed by atoms with van der Waals surface area (Å²) in [6, 6.07) is 3.91. The molecule has 1 aliphatic rings. The number of anilines is 2. The summed E-state index contributed by atoms with van der Waals surface area (Å²) in [5, 5.41) is 0. The van der Waals surface area contributed by atoms with Crippen molar-refractivity contribution in [1.82, 2.24) is 19.9 Å². The lowest BCUT2D eigenvalue weighted by molar-refractivity contribution is -0.150. The highest BCUT2D eigenvalue weighted by atomic mass is 16.5. The van der Waals surface area contributed by atoms with Gasteiger partial charge in [0.05, 0.1) is 0 Å². The van der Waals surface area contributed by atoms with Gasteiger partial charge in [0.25, 0.3) is 0 Å². The standard InChI is InChI=1S/C25H36N6O4/c1-6-8-22(32)34-18(4)24-26-12-10-20(28-24)30-14-15-31(17(3)16-30)21-11-13-27-25(29-21)19(5)35-23(33)9-7-2/h10-13,17-19H,6-9,14-16H2,1-5H3/t17-,18+,19+/m0/s1. The fraction of sp³-hybridized carbons (Fsp3) is 0.600. The van der Waals surface area contributed by atoms with Gasteiger partial charge < -0.3 is 19.3 Å². The minimum Gasteiger partial charge on any atom is -0.454 e. The quantitative estimate of drug-likeness (QED) is 0.462. The van der Waals surface area contributed by atoms with E-state index in [-0.39, 0.29) is 18.0 Å². The molecule has 0 amide bonds. The summed E-state index contributed by atoms with van der Waals surface area (Å²) in [4.78, 5) is 46.1. The summed E-state index contributed by atoms with van der Waals surface area (Å²) in [5.74, 6) is 2.12. The number of ether oxygens (including phenoxy) is 2. The molecule has 10 heteroatoms. The molecule has 2 aromatic rings. The van der Waals surface area contributed by atoms with Crippen molar-refractivity contribution in [3.05, 3.63) is 36.2 Å². The first-order valence-electron chi connectivity index (χ1n) is 12.4. The van der Waals surface area contributed by atoms with E-state index in [4.69, 9.17) is 9.47 Å². The highest BCUT2D eigenvalue weighted by Crippen LogP contribution is 2.24. The van der Waals surface area contributed by atoms with Crippen molar-refractivity contribution in [2.24, 2.45) is 0 Å². The van der Waals surface area contributed by atoms with Crippen LogP contribution in [0.4, 0.5) is 11.6 Å². The highest BCUT2D eigenvalue weighted by Gasteiger charge is 2.27. The molecule has 1 saturated heterocycles. The van der Waals surface area contributed by atoms with Crippen LogP contribution in [0, 0.1) is 0 Å². The van der Waals surface area contributed by atoms with Gasteiger partial charge in [-0.2, -0.15) is 0 Å². The van der Waals surface area contributed by atoms with Gasteiger partial charge >= 0.3 is 11.9 Å². The Bertz CT molecular complexity index is 1000.